The number of halogens is 1. The van der Waals surface area contributed by atoms with E-state index in [4.69, 9.17) is 21.1 Å². The molecule has 0 aliphatic carbocycles. The van der Waals surface area contributed by atoms with E-state index in [1.54, 1.807) is 13.4 Å². The summed E-state index contributed by atoms with van der Waals surface area (Å²) in [6.45, 7) is 1.35. The molecular weight excluding hydrogens is 218 g/mol. The third kappa shape index (κ3) is 2.14. The smallest absolute Gasteiger partial charge is 0.148 e. The molecule has 0 bridgehead atoms. The monoisotopic (exact) mass is 231 g/mol. The minimum atomic E-state index is 0.0525. The van der Waals surface area contributed by atoms with Crippen LogP contribution in [0.15, 0.2) is 6.33 Å². The fourth-order valence-corrected chi connectivity index (χ4v) is 2.07. The van der Waals surface area contributed by atoms with E-state index in [1.165, 1.54) is 0 Å². The van der Waals surface area contributed by atoms with Crippen molar-refractivity contribution < 1.29 is 9.47 Å². The molecule has 2 atom stereocenters. The number of nitrogens with zero attached hydrogens (tertiary/aromatic N) is 3. The van der Waals surface area contributed by atoms with E-state index in [9.17, 15) is 0 Å². The Hall–Kier alpha value is -0.650. The summed E-state index contributed by atoms with van der Waals surface area (Å²) in [6.07, 6.45) is 2.66. The van der Waals surface area contributed by atoms with Gasteiger partial charge < -0.3 is 14.0 Å². The second kappa shape index (κ2) is 4.92. The number of ether oxygens (including phenoxy) is 2. The van der Waals surface area contributed by atoms with E-state index in [1.807, 2.05) is 4.57 Å². The Morgan fingerprint density at radius 2 is 2.60 bits per heavy atom. The molecule has 1 saturated heterocycles. The van der Waals surface area contributed by atoms with Crippen molar-refractivity contribution in [1.29, 1.82) is 0 Å². The van der Waals surface area contributed by atoms with E-state index >= 15 is 0 Å². The van der Waals surface area contributed by atoms with Gasteiger partial charge >= 0.3 is 0 Å². The molecule has 1 aliphatic rings. The van der Waals surface area contributed by atoms with Gasteiger partial charge in [0.15, 0.2) is 0 Å². The van der Waals surface area contributed by atoms with Crippen molar-refractivity contribution in [2.75, 3.05) is 20.3 Å². The lowest BCUT2D eigenvalue weighted by Gasteiger charge is -2.31. The Morgan fingerprint density at radius 3 is 3.33 bits per heavy atom. The van der Waals surface area contributed by atoms with E-state index in [-0.39, 0.29) is 12.1 Å². The van der Waals surface area contributed by atoms with Crippen molar-refractivity contribution in [2.45, 2.75) is 24.4 Å². The molecule has 2 unspecified atom stereocenters. The van der Waals surface area contributed by atoms with Crippen molar-refractivity contribution in [3.05, 3.63) is 12.2 Å². The molecule has 84 valence electrons. The molecule has 5 nitrogen and oxygen atoms in total. The van der Waals surface area contributed by atoms with E-state index in [0.717, 1.165) is 18.9 Å². The highest BCUT2D eigenvalue weighted by Crippen LogP contribution is 2.24. The van der Waals surface area contributed by atoms with Crippen molar-refractivity contribution in [2.24, 2.45) is 0 Å². The molecule has 0 aromatic carbocycles. The Bertz CT molecular complexity index is 318. The first-order chi connectivity index (χ1) is 7.36. The fourth-order valence-electron chi connectivity index (χ4n) is 1.88. The van der Waals surface area contributed by atoms with Crippen LogP contribution >= 0.6 is 11.6 Å². The van der Waals surface area contributed by atoms with E-state index in [2.05, 4.69) is 10.2 Å². The number of alkyl halides is 1. The quantitative estimate of drug-likeness (QED) is 0.728. The minimum absolute atomic E-state index is 0.0525. The first-order valence-electron chi connectivity index (χ1n) is 4.91. The third-order valence-corrected chi connectivity index (χ3v) is 2.94. The van der Waals surface area contributed by atoms with Crippen LogP contribution in [-0.2, 0) is 15.4 Å². The summed E-state index contributed by atoms with van der Waals surface area (Å²) >= 11 is 5.79. The Morgan fingerprint density at radius 1 is 1.73 bits per heavy atom. The second-order valence-electron chi connectivity index (χ2n) is 3.49. The lowest BCUT2D eigenvalue weighted by Crippen LogP contribution is -2.36. The highest BCUT2D eigenvalue weighted by atomic mass is 35.5. The molecule has 2 rings (SSSR count). The van der Waals surface area contributed by atoms with Gasteiger partial charge in [0.05, 0.1) is 18.5 Å². The Labute approximate surface area is 93.3 Å². The zero-order chi connectivity index (χ0) is 10.7. The second-order valence-corrected chi connectivity index (χ2v) is 3.76. The average molecular weight is 232 g/mol. The molecule has 0 spiro atoms. The summed E-state index contributed by atoms with van der Waals surface area (Å²) in [5.41, 5.74) is 0. The zero-order valence-corrected chi connectivity index (χ0v) is 9.35. The van der Waals surface area contributed by atoms with Crippen molar-refractivity contribution >= 4 is 11.6 Å². The van der Waals surface area contributed by atoms with Crippen LogP contribution in [-0.4, -0.2) is 41.2 Å². The Kier molecular flexibility index (Phi) is 3.56. The van der Waals surface area contributed by atoms with Crippen molar-refractivity contribution in [1.82, 2.24) is 14.8 Å². The molecule has 0 radical (unpaired) electrons. The van der Waals surface area contributed by atoms with Crippen LogP contribution in [0.25, 0.3) is 0 Å². The maximum absolute atomic E-state index is 5.79. The predicted molar refractivity (Wildman–Crippen MR) is 54.8 cm³/mol. The topological polar surface area (TPSA) is 49.2 Å². The maximum Gasteiger partial charge on any atom is 0.148 e. The standard InChI is InChI=1S/C9H14ClN3O2/c1-14-8-5-15-3-2-7(8)13-6-11-12-9(13)4-10/h6-8H,2-5H2,1H3. The van der Waals surface area contributed by atoms with Crippen LogP contribution < -0.4 is 0 Å². The maximum atomic E-state index is 5.79. The molecule has 0 N–H and O–H groups in total. The predicted octanol–water partition coefficient (Wildman–Crippen LogP) is 0.993. The highest BCUT2D eigenvalue weighted by Gasteiger charge is 2.28. The minimum Gasteiger partial charge on any atom is -0.379 e. The van der Waals surface area contributed by atoms with Gasteiger partial charge in [-0.3, -0.25) is 0 Å². The molecule has 1 fully saturated rings. The summed E-state index contributed by atoms with van der Waals surface area (Å²) in [4.78, 5) is 0. The molecule has 15 heavy (non-hydrogen) atoms. The lowest BCUT2D eigenvalue weighted by molar-refractivity contribution is -0.0607. The van der Waals surface area contributed by atoms with Gasteiger partial charge in [-0.15, -0.1) is 21.8 Å². The molecule has 1 aliphatic heterocycles. The van der Waals surface area contributed by atoms with Crippen LogP contribution in [0.4, 0.5) is 0 Å². The number of hydrogen-bond donors (Lipinski definition) is 0. The number of aromatic nitrogens is 3. The third-order valence-electron chi connectivity index (χ3n) is 2.70. The van der Waals surface area contributed by atoms with Crippen molar-refractivity contribution in [3.8, 4) is 0 Å². The molecule has 6 heteroatoms. The first-order valence-corrected chi connectivity index (χ1v) is 5.45. The van der Waals surface area contributed by atoms with Gasteiger partial charge in [0.2, 0.25) is 0 Å². The molecule has 1 aromatic heterocycles. The number of hydrogen-bond acceptors (Lipinski definition) is 4. The molecule has 0 saturated carbocycles. The largest absolute Gasteiger partial charge is 0.379 e. The number of rotatable bonds is 3. The summed E-state index contributed by atoms with van der Waals surface area (Å²) in [5.74, 6) is 1.15. The van der Waals surface area contributed by atoms with Crippen molar-refractivity contribution in [3.63, 3.8) is 0 Å². The van der Waals surface area contributed by atoms with E-state index in [0.29, 0.717) is 12.5 Å². The van der Waals surface area contributed by atoms with Crippen LogP contribution in [0, 0.1) is 0 Å². The molecule has 2 heterocycles. The summed E-state index contributed by atoms with van der Waals surface area (Å²) in [6, 6.07) is 0.229. The van der Waals surface area contributed by atoms with Gasteiger partial charge in [0, 0.05) is 13.7 Å². The zero-order valence-electron chi connectivity index (χ0n) is 8.60. The van der Waals surface area contributed by atoms with Gasteiger partial charge in [0.1, 0.15) is 18.3 Å². The lowest BCUT2D eigenvalue weighted by atomic mass is 10.1. The summed E-state index contributed by atoms with van der Waals surface area (Å²) < 4.78 is 12.7. The van der Waals surface area contributed by atoms with Gasteiger partial charge in [-0.05, 0) is 6.42 Å². The van der Waals surface area contributed by atoms with E-state index < -0.39 is 0 Å². The van der Waals surface area contributed by atoms with Gasteiger partial charge in [0.25, 0.3) is 0 Å². The van der Waals surface area contributed by atoms with Gasteiger partial charge in [-0.2, -0.15) is 0 Å². The summed E-state index contributed by atoms with van der Waals surface area (Å²) in [7, 11) is 1.69. The Balaban J connectivity index is 2.20. The summed E-state index contributed by atoms with van der Waals surface area (Å²) in [5, 5.41) is 7.83. The molecule has 1 aromatic rings. The van der Waals surface area contributed by atoms with Crippen LogP contribution in [0.3, 0.4) is 0 Å². The average Bonchev–Trinajstić information content (AvgIpc) is 2.76. The van der Waals surface area contributed by atoms with Gasteiger partial charge in [-0.25, -0.2) is 0 Å². The normalized spacial score (nSPS) is 26.8. The SMILES string of the molecule is COC1COCCC1n1cnnc1CCl. The molecular formula is C9H14ClN3O2. The number of methoxy groups -OCH3 is 1. The molecule has 0 amide bonds. The first kappa shape index (κ1) is 10.9. The van der Waals surface area contributed by atoms with Crippen LogP contribution in [0.2, 0.25) is 0 Å². The van der Waals surface area contributed by atoms with Gasteiger partial charge in [-0.1, -0.05) is 0 Å². The highest BCUT2D eigenvalue weighted by molar-refractivity contribution is 6.16. The van der Waals surface area contributed by atoms with Crippen LogP contribution in [0.5, 0.6) is 0 Å². The fraction of sp³-hybridized carbons (Fsp3) is 0.778. The van der Waals surface area contributed by atoms with Crippen LogP contribution in [0.1, 0.15) is 18.3 Å².